The van der Waals surface area contributed by atoms with Crippen molar-refractivity contribution in [3.05, 3.63) is 86.2 Å². The quantitative estimate of drug-likeness (QED) is 0.340. The van der Waals surface area contributed by atoms with E-state index in [4.69, 9.17) is 39.2 Å². The molecule has 0 fully saturated rings. The average molecular weight is 380 g/mol. The molecule has 0 bridgehead atoms. The number of rotatable bonds is 3. The topological polar surface area (TPSA) is 47.3 Å². The van der Waals surface area contributed by atoms with Gasteiger partial charge in [0.15, 0.2) is 5.78 Å². The van der Waals surface area contributed by atoms with Crippen molar-refractivity contribution in [2.45, 2.75) is 0 Å². The van der Waals surface area contributed by atoms with Gasteiger partial charge in [0.05, 0.1) is 5.03 Å². The molecule has 0 aliphatic rings. The number of carbonyl (C=O) groups is 1. The molecule has 0 saturated carbocycles. The molecule has 0 spiro atoms. The molecule has 0 aliphatic carbocycles. The molecule has 120 valence electrons. The third-order valence-corrected chi connectivity index (χ3v) is 4.23. The SMILES string of the molecule is O=C(C=C(Cl)c1ccccc1Cl)c1cc2cc(Cl)ccc2oc1=O. The van der Waals surface area contributed by atoms with Crippen molar-refractivity contribution >= 4 is 56.6 Å². The summed E-state index contributed by atoms with van der Waals surface area (Å²) < 4.78 is 5.15. The molecule has 2 aromatic carbocycles. The molecular formula is C18H9Cl3O3. The van der Waals surface area contributed by atoms with Crippen molar-refractivity contribution in [3.8, 4) is 0 Å². The van der Waals surface area contributed by atoms with Crippen molar-refractivity contribution in [3.63, 3.8) is 0 Å². The van der Waals surface area contributed by atoms with Crippen molar-refractivity contribution in [1.82, 2.24) is 0 Å². The van der Waals surface area contributed by atoms with Crippen LogP contribution in [0.25, 0.3) is 16.0 Å². The standard InChI is InChI=1S/C18H9Cl3O3/c19-11-5-6-17-10(7-11)8-13(18(23)24-17)16(22)9-15(21)12-3-1-2-4-14(12)20/h1-9H. The van der Waals surface area contributed by atoms with Gasteiger partial charge < -0.3 is 4.42 Å². The maximum atomic E-state index is 12.4. The molecule has 3 rings (SSSR count). The molecule has 3 aromatic rings. The Morgan fingerprint density at radius 2 is 1.75 bits per heavy atom. The third-order valence-electron chi connectivity index (χ3n) is 3.35. The summed E-state index contributed by atoms with van der Waals surface area (Å²) >= 11 is 18.1. The van der Waals surface area contributed by atoms with Crippen molar-refractivity contribution < 1.29 is 9.21 Å². The summed E-state index contributed by atoms with van der Waals surface area (Å²) in [7, 11) is 0. The maximum Gasteiger partial charge on any atom is 0.347 e. The van der Waals surface area contributed by atoms with Crippen LogP contribution in [0.3, 0.4) is 0 Å². The van der Waals surface area contributed by atoms with E-state index in [0.29, 0.717) is 26.6 Å². The summed E-state index contributed by atoms with van der Waals surface area (Å²) in [5.41, 5.74) is -0.0193. The van der Waals surface area contributed by atoms with Crippen LogP contribution in [0.15, 0.2) is 63.8 Å². The number of hydrogen-bond acceptors (Lipinski definition) is 3. The first-order valence-corrected chi connectivity index (χ1v) is 7.99. The molecule has 24 heavy (non-hydrogen) atoms. The van der Waals surface area contributed by atoms with Gasteiger partial charge in [-0.15, -0.1) is 0 Å². The lowest BCUT2D eigenvalue weighted by Crippen LogP contribution is -2.12. The van der Waals surface area contributed by atoms with Crippen LogP contribution in [-0.2, 0) is 0 Å². The number of ketones is 1. The highest BCUT2D eigenvalue weighted by Gasteiger charge is 2.14. The van der Waals surface area contributed by atoms with Gasteiger partial charge in [-0.2, -0.15) is 0 Å². The van der Waals surface area contributed by atoms with E-state index in [1.165, 1.54) is 6.07 Å². The van der Waals surface area contributed by atoms with Gasteiger partial charge in [0.25, 0.3) is 0 Å². The van der Waals surface area contributed by atoms with Crippen LogP contribution in [0.1, 0.15) is 15.9 Å². The van der Waals surface area contributed by atoms with Crippen LogP contribution in [0.2, 0.25) is 10.0 Å². The van der Waals surface area contributed by atoms with Crippen LogP contribution in [0, 0.1) is 0 Å². The first-order valence-electron chi connectivity index (χ1n) is 6.85. The summed E-state index contributed by atoms with van der Waals surface area (Å²) in [6.45, 7) is 0. The Kier molecular flexibility index (Phi) is 4.76. The third kappa shape index (κ3) is 3.39. The lowest BCUT2D eigenvalue weighted by molar-refractivity contribution is 0.104. The number of fused-ring (bicyclic) bond motifs is 1. The van der Waals surface area contributed by atoms with Gasteiger partial charge in [0, 0.05) is 27.1 Å². The summed E-state index contributed by atoms with van der Waals surface area (Å²) in [5.74, 6) is -0.574. The minimum absolute atomic E-state index is 0.130. The van der Waals surface area contributed by atoms with E-state index in [1.807, 2.05) is 0 Å². The number of hydrogen-bond donors (Lipinski definition) is 0. The molecule has 3 nitrogen and oxygen atoms in total. The predicted octanol–water partition coefficient (Wildman–Crippen LogP) is 5.56. The fourth-order valence-corrected chi connectivity index (χ4v) is 2.92. The second kappa shape index (κ2) is 6.81. The smallest absolute Gasteiger partial charge is 0.347 e. The van der Waals surface area contributed by atoms with Crippen LogP contribution >= 0.6 is 34.8 Å². The minimum Gasteiger partial charge on any atom is -0.422 e. The lowest BCUT2D eigenvalue weighted by atomic mass is 10.1. The first kappa shape index (κ1) is 16.8. The second-order valence-electron chi connectivity index (χ2n) is 4.97. The van der Waals surface area contributed by atoms with E-state index in [0.717, 1.165) is 6.08 Å². The average Bonchev–Trinajstić information content (AvgIpc) is 2.54. The number of benzene rings is 2. The zero-order valence-electron chi connectivity index (χ0n) is 12.1. The van der Waals surface area contributed by atoms with Gasteiger partial charge in [-0.05, 0) is 30.3 Å². The summed E-state index contributed by atoms with van der Waals surface area (Å²) in [6, 6.07) is 13.0. The molecule has 0 aliphatic heterocycles. The zero-order valence-corrected chi connectivity index (χ0v) is 14.3. The number of halogens is 3. The fraction of sp³-hybridized carbons (Fsp3) is 0. The molecular weight excluding hydrogens is 371 g/mol. The van der Waals surface area contributed by atoms with Crippen molar-refractivity contribution in [2.75, 3.05) is 0 Å². The van der Waals surface area contributed by atoms with Crippen LogP contribution in [0.5, 0.6) is 0 Å². The Hall–Kier alpha value is -2.07. The van der Waals surface area contributed by atoms with Gasteiger partial charge in [0.2, 0.25) is 0 Å². The van der Waals surface area contributed by atoms with E-state index >= 15 is 0 Å². The van der Waals surface area contributed by atoms with E-state index in [-0.39, 0.29) is 10.6 Å². The summed E-state index contributed by atoms with van der Waals surface area (Å²) in [4.78, 5) is 24.4. The second-order valence-corrected chi connectivity index (χ2v) is 6.22. The highest BCUT2D eigenvalue weighted by molar-refractivity contribution is 6.52. The van der Waals surface area contributed by atoms with E-state index < -0.39 is 11.4 Å². The van der Waals surface area contributed by atoms with Crippen molar-refractivity contribution in [1.29, 1.82) is 0 Å². The number of allylic oxidation sites excluding steroid dienone is 1. The monoisotopic (exact) mass is 378 g/mol. The molecule has 0 amide bonds. The van der Waals surface area contributed by atoms with E-state index in [2.05, 4.69) is 0 Å². The Morgan fingerprint density at radius 1 is 1.00 bits per heavy atom. The Labute approximate surface area is 152 Å². The Balaban J connectivity index is 2.05. The molecule has 0 unspecified atom stereocenters. The van der Waals surface area contributed by atoms with Crippen LogP contribution in [0.4, 0.5) is 0 Å². The minimum atomic E-state index is -0.741. The molecule has 1 heterocycles. The molecule has 1 aromatic heterocycles. The molecule has 0 atom stereocenters. The Bertz CT molecular complexity index is 1040. The summed E-state index contributed by atoms with van der Waals surface area (Å²) in [5, 5.41) is 1.56. The van der Waals surface area contributed by atoms with Crippen molar-refractivity contribution in [2.24, 2.45) is 0 Å². The largest absolute Gasteiger partial charge is 0.422 e. The van der Waals surface area contributed by atoms with E-state index in [9.17, 15) is 9.59 Å². The Morgan fingerprint density at radius 3 is 2.50 bits per heavy atom. The van der Waals surface area contributed by atoms with Gasteiger partial charge in [-0.1, -0.05) is 53.0 Å². The molecule has 6 heteroatoms. The highest BCUT2D eigenvalue weighted by atomic mass is 35.5. The van der Waals surface area contributed by atoms with Crippen LogP contribution in [-0.4, -0.2) is 5.78 Å². The predicted molar refractivity (Wildman–Crippen MR) is 97.1 cm³/mol. The summed E-state index contributed by atoms with van der Waals surface area (Å²) in [6.07, 6.45) is 1.14. The molecule has 0 saturated heterocycles. The zero-order chi connectivity index (χ0) is 17.3. The van der Waals surface area contributed by atoms with Gasteiger partial charge >= 0.3 is 5.63 Å². The van der Waals surface area contributed by atoms with Gasteiger partial charge in [0.1, 0.15) is 11.1 Å². The normalized spacial score (nSPS) is 11.7. The van der Waals surface area contributed by atoms with Gasteiger partial charge in [-0.3, -0.25) is 4.79 Å². The van der Waals surface area contributed by atoms with E-state index in [1.54, 1.807) is 42.5 Å². The van der Waals surface area contributed by atoms with Crippen LogP contribution < -0.4 is 5.63 Å². The highest BCUT2D eigenvalue weighted by Crippen LogP contribution is 2.27. The first-order chi connectivity index (χ1) is 11.5. The lowest BCUT2D eigenvalue weighted by Gasteiger charge is -2.03. The number of carbonyl (C=O) groups excluding carboxylic acids is 1. The molecule has 0 radical (unpaired) electrons. The maximum absolute atomic E-state index is 12.4. The fourth-order valence-electron chi connectivity index (χ4n) is 2.19. The molecule has 0 N–H and O–H groups in total. The van der Waals surface area contributed by atoms with Gasteiger partial charge in [-0.25, -0.2) is 4.79 Å².